The molecule has 0 aliphatic carbocycles. The van der Waals surface area contributed by atoms with Crippen LogP contribution in [-0.4, -0.2) is 7.40 Å². The molecule has 6 aromatic carbocycles. The molecule has 0 aliphatic rings. The molecule has 0 saturated heterocycles. The van der Waals surface area contributed by atoms with Gasteiger partial charge in [0, 0.05) is 57.6 Å². The molecular weight excluding hydrogens is 666 g/mol. The van der Waals surface area contributed by atoms with E-state index in [1.54, 1.807) is 0 Å². The lowest BCUT2D eigenvalue weighted by atomic mass is 9.76. The highest BCUT2D eigenvalue weighted by atomic mass is 19.1. The molecule has 0 amide bonds. The molecule has 2 heterocycles. The molecule has 6 heteroatoms. The molecule has 0 saturated carbocycles. The smallest absolute Gasteiger partial charge is 0.243 e. The summed E-state index contributed by atoms with van der Waals surface area (Å²) in [6, 6.07) is 76.7. The van der Waals surface area contributed by atoms with Crippen LogP contribution in [0.25, 0.3) is 0 Å². The molecule has 0 N–H and O–H groups in total. The second kappa shape index (κ2) is 18.3. The maximum Gasteiger partial charge on any atom is 0.243 e. The highest BCUT2D eigenvalue weighted by Gasteiger charge is 2.46. The Kier molecular flexibility index (Phi) is 12.7. The van der Waals surface area contributed by atoms with E-state index in [1.165, 1.54) is 33.4 Å². The normalized spacial score (nSPS) is 10.9. The van der Waals surface area contributed by atoms with E-state index >= 15 is 0 Å². The number of halogens is 1. The molecular formula is C48H40BFN2O2. The van der Waals surface area contributed by atoms with Gasteiger partial charge in [-0.2, -0.15) is 9.13 Å². The van der Waals surface area contributed by atoms with Crippen molar-refractivity contribution < 1.29 is 23.5 Å². The van der Waals surface area contributed by atoms with Crippen LogP contribution in [0.4, 0.5) is 4.32 Å². The lowest BCUT2D eigenvalue weighted by Gasteiger charge is -2.30. The van der Waals surface area contributed by atoms with E-state index in [0.717, 1.165) is 0 Å². The Morgan fingerprint density at radius 1 is 0.296 bits per heavy atom. The van der Waals surface area contributed by atoms with Gasteiger partial charge in [-0.3, -0.25) is 0 Å². The number of aromatic nitrogens is 2. The fourth-order valence-electron chi connectivity index (χ4n) is 7.22. The summed E-state index contributed by atoms with van der Waals surface area (Å²) >= 11 is 0. The lowest BCUT2D eigenvalue weighted by Crippen LogP contribution is -2.58. The maximum atomic E-state index is 9.89. The number of pyridine rings is 2. The first-order valence-electron chi connectivity index (χ1n) is 17.8. The fraction of sp³-hybridized carbons (Fsp3) is 0.0417. The molecule has 54 heavy (non-hydrogen) atoms. The third kappa shape index (κ3) is 8.11. The largest absolute Gasteiger partial charge is 0.867 e. The molecule has 0 fully saturated rings. The van der Waals surface area contributed by atoms with Gasteiger partial charge in [0.25, 0.3) is 0 Å². The van der Waals surface area contributed by atoms with Crippen LogP contribution in [0.3, 0.4) is 0 Å². The summed E-state index contributed by atoms with van der Waals surface area (Å²) in [4.78, 5) is 0. The van der Waals surface area contributed by atoms with Crippen molar-refractivity contribution in [1.82, 2.24) is 0 Å². The number of hydrogen-bond donors (Lipinski definition) is 0. The van der Waals surface area contributed by atoms with Crippen LogP contribution in [0, 0.1) is 0 Å². The zero-order valence-electron chi connectivity index (χ0n) is 29.8. The van der Waals surface area contributed by atoms with Crippen molar-refractivity contribution >= 4 is 7.40 Å². The van der Waals surface area contributed by atoms with Crippen molar-refractivity contribution in [1.29, 1.82) is 0 Å². The Hall–Kier alpha value is -6.47. The van der Waals surface area contributed by atoms with Crippen LogP contribution in [0.5, 0.6) is 0 Å². The van der Waals surface area contributed by atoms with E-state index in [2.05, 4.69) is 252 Å². The van der Waals surface area contributed by atoms with E-state index in [-0.39, 0.29) is 0 Å². The zero-order chi connectivity index (χ0) is 37.5. The number of hydrogen-bond acceptors (Lipinski definition) is 2. The molecule has 8 aromatic rings. The van der Waals surface area contributed by atoms with Crippen LogP contribution in [0.1, 0.15) is 33.4 Å². The van der Waals surface area contributed by atoms with Crippen molar-refractivity contribution in [3.05, 3.63) is 277 Å². The van der Waals surface area contributed by atoms with Gasteiger partial charge < -0.3 is 14.4 Å². The zero-order valence-corrected chi connectivity index (χ0v) is 29.8. The molecule has 0 unspecified atom stereocenters. The van der Waals surface area contributed by atoms with Crippen molar-refractivity contribution in [2.75, 3.05) is 0 Å². The van der Waals surface area contributed by atoms with Gasteiger partial charge in [0.2, 0.25) is 11.1 Å². The van der Waals surface area contributed by atoms with Crippen LogP contribution in [0.15, 0.2) is 243 Å². The molecule has 8 rings (SSSR count). The summed E-state index contributed by atoms with van der Waals surface area (Å²) in [6.07, 6.45) is 8.58. The van der Waals surface area contributed by atoms with Gasteiger partial charge in [-0.15, -0.1) is 0 Å². The van der Waals surface area contributed by atoms with Gasteiger partial charge in [-0.1, -0.05) is 194 Å². The maximum absolute atomic E-state index is 9.89. The first-order chi connectivity index (χ1) is 26.6. The Morgan fingerprint density at radius 2 is 0.444 bits per heavy atom. The first-order valence-corrected chi connectivity index (χ1v) is 17.8. The molecule has 264 valence electrons. The van der Waals surface area contributed by atoms with Crippen LogP contribution >= 0.6 is 0 Å². The van der Waals surface area contributed by atoms with Crippen molar-refractivity contribution in [2.24, 2.45) is 0 Å². The number of nitrogens with zero attached hydrogens (tertiary/aromatic N) is 2. The molecule has 0 spiro atoms. The van der Waals surface area contributed by atoms with E-state index in [1.807, 2.05) is 0 Å². The number of rotatable bonds is 8. The SMILES string of the molecule is [O-]B([O-])F.c1ccc(C(c2ccccc2)(c2ccccc2)[n+]2ccccc2)cc1.c1ccc(C(c2ccccc2)(c2ccccc2)[n+]2ccccc2)cc1. The second-order valence-corrected chi connectivity index (χ2v) is 12.5. The van der Waals surface area contributed by atoms with Gasteiger partial charge >= 0.3 is 0 Å². The standard InChI is InChI=1S/2C24H20N.BFO2/c2*1-5-13-21(14-6-1)24(22-15-7-2-8-16-22,23-17-9-3-10-18-23)25-19-11-4-12-20-25;2-1(3)4/h2*1-20H;/q2*+1;-2. The Balaban J connectivity index is 0.000000168. The van der Waals surface area contributed by atoms with Crippen LogP contribution < -0.4 is 19.2 Å². The van der Waals surface area contributed by atoms with Crippen LogP contribution in [0.2, 0.25) is 0 Å². The summed E-state index contributed by atoms with van der Waals surface area (Å²) < 4.78 is 14.5. The molecule has 0 radical (unpaired) electrons. The summed E-state index contributed by atoms with van der Waals surface area (Å²) in [5, 5.41) is 16.6. The summed E-state index contributed by atoms with van der Waals surface area (Å²) in [7, 11) is -3.17. The van der Waals surface area contributed by atoms with Gasteiger partial charge in [-0.05, 0) is 0 Å². The first kappa shape index (κ1) is 37.3. The van der Waals surface area contributed by atoms with Crippen molar-refractivity contribution in [3.63, 3.8) is 0 Å². The summed E-state index contributed by atoms with van der Waals surface area (Å²) in [5.41, 5.74) is 6.61. The molecule has 2 aromatic heterocycles. The summed E-state index contributed by atoms with van der Waals surface area (Å²) in [6.45, 7) is 0. The van der Waals surface area contributed by atoms with E-state index in [0.29, 0.717) is 0 Å². The average Bonchev–Trinajstić information content (AvgIpc) is 3.25. The Labute approximate surface area is 317 Å². The Bertz CT molecular complexity index is 1740. The number of benzene rings is 6. The van der Waals surface area contributed by atoms with Gasteiger partial charge in [0.05, 0.1) is 0 Å². The van der Waals surface area contributed by atoms with Crippen molar-refractivity contribution in [3.8, 4) is 0 Å². The quantitative estimate of drug-likeness (QED) is 0.0948. The van der Waals surface area contributed by atoms with Gasteiger partial charge in [0.15, 0.2) is 24.8 Å². The average molecular weight is 707 g/mol. The topological polar surface area (TPSA) is 53.9 Å². The molecule has 4 nitrogen and oxygen atoms in total. The summed E-state index contributed by atoms with van der Waals surface area (Å²) in [5.74, 6) is 0. The van der Waals surface area contributed by atoms with E-state index in [9.17, 15) is 4.32 Å². The molecule has 0 atom stereocenters. The minimum atomic E-state index is -3.17. The predicted molar refractivity (Wildman–Crippen MR) is 209 cm³/mol. The third-order valence-electron chi connectivity index (χ3n) is 9.36. The second-order valence-electron chi connectivity index (χ2n) is 12.5. The van der Waals surface area contributed by atoms with Gasteiger partial charge in [0.1, 0.15) is 7.40 Å². The highest BCUT2D eigenvalue weighted by Crippen LogP contribution is 2.37. The minimum Gasteiger partial charge on any atom is -0.867 e. The van der Waals surface area contributed by atoms with E-state index < -0.39 is 18.5 Å². The molecule has 0 bridgehead atoms. The third-order valence-corrected chi connectivity index (χ3v) is 9.36. The van der Waals surface area contributed by atoms with Crippen LogP contribution in [-0.2, 0) is 11.1 Å². The van der Waals surface area contributed by atoms with E-state index in [4.69, 9.17) is 10.0 Å². The predicted octanol–water partition coefficient (Wildman–Crippen LogP) is 7.29. The minimum absolute atomic E-state index is 0.412. The highest BCUT2D eigenvalue weighted by molar-refractivity contribution is 6.27. The monoisotopic (exact) mass is 706 g/mol. The van der Waals surface area contributed by atoms with Crippen molar-refractivity contribution in [2.45, 2.75) is 11.1 Å². The molecule has 0 aliphatic heterocycles. The van der Waals surface area contributed by atoms with Gasteiger partial charge in [-0.25, -0.2) is 0 Å². The Morgan fingerprint density at radius 3 is 0.611 bits per heavy atom. The fourth-order valence-corrected chi connectivity index (χ4v) is 7.22. The lowest BCUT2D eigenvalue weighted by molar-refractivity contribution is -0.734.